The Kier molecular flexibility index (Phi) is 5.30. The number of nitriles is 1. The van der Waals surface area contributed by atoms with Crippen LogP contribution in [0.4, 0.5) is 5.69 Å². The van der Waals surface area contributed by atoms with Gasteiger partial charge in [0.2, 0.25) is 10.0 Å². The molecule has 0 saturated carbocycles. The molecule has 2 aromatic carbocycles. The maximum atomic E-state index is 12.2. The van der Waals surface area contributed by atoms with Crippen LogP contribution in [0.2, 0.25) is 10.0 Å². The summed E-state index contributed by atoms with van der Waals surface area (Å²) in [6, 6.07) is 13.5. The van der Waals surface area contributed by atoms with Crippen LogP contribution >= 0.6 is 23.2 Å². The Hall–Kier alpha value is -1.74. The van der Waals surface area contributed by atoms with Crippen molar-refractivity contribution in [3.8, 4) is 6.07 Å². The summed E-state index contributed by atoms with van der Waals surface area (Å²) in [7, 11) is -3.64. The molecule has 7 heteroatoms. The molecule has 114 valence electrons. The van der Waals surface area contributed by atoms with Crippen LogP contribution in [0.15, 0.2) is 42.5 Å². The first-order valence-electron chi connectivity index (χ1n) is 6.30. The molecule has 0 aliphatic heterocycles. The average molecular weight is 355 g/mol. The van der Waals surface area contributed by atoms with Crippen molar-refractivity contribution in [1.29, 1.82) is 5.26 Å². The van der Waals surface area contributed by atoms with E-state index in [0.717, 1.165) is 5.56 Å². The highest BCUT2D eigenvalue weighted by Gasteiger charge is 2.16. The summed E-state index contributed by atoms with van der Waals surface area (Å²) in [5.41, 5.74) is 1.60. The second-order valence-electron chi connectivity index (χ2n) is 4.59. The Morgan fingerprint density at radius 1 is 1.05 bits per heavy atom. The zero-order chi connectivity index (χ0) is 16.2. The van der Waals surface area contributed by atoms with E-state index in [1.54, 1.807) is 42.5 Å². The third-order valence-corrected chi connectivity index (χ3v) is 4.83. The zero-order valence-electron chi connectivity index (χ0n) is 11.4. The van der Waals surface area contributed by atoms with Crippen molar-refractivity contribution >= 4 is 38.9 Å². The molecule has 0 spiro atoms. The molecule has 0 aliphatic rings. The molecule has 0 heterocycles. The lowest BCUT2D eigenvalue weighted by Gasteiger charge is -2.10. The molecule has 2 aromatic rings. The lowest BCUT2D eigenvalue weighted by atomic mass is 10.1. The highest BCUT2D eigenvalue weighted by Crippen LogP contribution is 2.26. The van der Waals surface area contributed by atoms with E-state index in [2.05, 4.69) is 4.72 Å². The average Bonchev–Trinajstić information content (AvgIpc) is 2.45. The molecular formula is C15H12Cl2N2O2S. The number of rotatable bonds is 5. The number of anilines is 1. The van der Waals surface area contributed by atoms with Gasteiger partial charge in [-0.25, -0.2) is 8.42 Å². The minimum atomic E-state index is -3.64. The predicted molar refractivity (Wildman–Crippen MR) is 88.5 cm³/mol. The van der Waals surface area contributed by atoms with E-state index < -0.39 is 10.0 Å². The molecule has 0 atom stereocenters. The van der Waals surface area contributed by atoms with E-state index in [4.69, 9.17) is 28.5 Å². The largest absolute Gasteiger partial charge is 0.283 e. The normalized spacial score (nSPS) is 11.0. The van der Waals surface area contributed by atoms with E-state index >= 15 is 0 Å². The minimum absolute atomic E-state index is 0.280. The Balaban J connectivity index is 2.16. The summed E-state index contributed by atoms with van der Waals surface area (Å²) in [5, 5.41) is 9.22. The van der Waals surface area contributed by atoms with Gasteiger partial charge in [0.25, 0.3) is 0 Å². The fraction of sp³-hybridized carbons (Fsp3) is 0.133. The van der Waals surface area contributed by atoms with Crippen LogP contribution in [0.5, 0.6) is 0 Å². The van der Waals surface area contributed by atoms with Gasteiger partial charge >= 0.3 is 0 Å². The molecule has 0 aromatic heterocycles. The van der Waals surface area contributed by atoms with Crippen LogP contribution in [-0.2, 0) is 22.2 Å². The molecule has 22 heavy (non-hydrogen) atoms. The number of hydrogen-bond acceptors (Lipinski definition) is 3. The lowest BCUT2D eigenvalue weighted by Crippen LogP contribution is -2.15. The predicted octanol–water partition coefficient (Wildman–Crippen LogP) is 4.00. The standard InChI is InChI=1S/C15H12Cl2N2O2S/c16-14-2-1-3-15(17)13(14)10-22(20,21)19-12-6-4-11(5-7-12)8-9-18/h1-7,19H,8,10H2. The fourth-order valence-corrected chi connectivity index (χ4v) is 3.81. The van der Waals surface area contributed by atoms with Crippen molar-refractivity contribution in [3.63, 3.8) is 0 Å². The van der Waals surface area contributed by atoms with Gasteiger partial charge in [0.1, 0.15) is 0 Å². The van der Waals surface area contributed by atoms with E-state index in [1.807, 2.05) is 6.07 Å². The van der Waals surface area contributed by atoms with Crippen LogP contribution < -0.4 is 4.72 Å². The molecular weight excluding hydrogens is 343 g/mol. The van der Waals surface area contributed by atoms with Crippen LogP contribution in [0, 0.1) is 11.3 Å². The van der Waals surface area contributed by atoms with E-state index in [0.29, 0.717) is 21.3 Å². The maximum absolute atomic E-state index is 12.2. The van der Waals surface area contributed by atoms with Crippen LogP contribution in [0.1, 0.15) is 11.1 Å². The highest BCUT2D eigenvalue weighted by molar-refractivity contribution is 7.91. The molecule has 2 rings (SSSR count). The Morgan fingerprint density at radius 3 is 2.18 bits per heavy atom. The Labute approximate surface area is 139 Å². The van der Waals surface area contributed by atoms with Crippen molar-refractivity contribution in [2.45, 2.75) is 12.2 Å². The van der Waals surface area contributed by atoms with E-state index in [-0.39, 0.29) is 12.2 Å². The molecule has 0 bridgehead atoms. The number of nitrogens with zero attached hydrogens (tertiary/aromatic N) is 1. The van der Waals surface area contributed by atoms with Gasteiger partial charge in [0.05, 0.1) is 18.2 Å². The van der Waals surface area contributed by atoms with Gasteiger partial charge in [0, 0.05) is 21.3 Å². The highest BCUT2D eigenvalue weighted by atomic mass is 35.5. The molecule has 0 aliphatic carbocycles. The minimum Gasteiger partial charge on any atom is -0.283 e. The number of halogens is 2. The van der Waals surface area contributed by atoms with E-state index in [1.165, 1.54) is 0 Å². The van der Waals surface area contributed by atoms with Crippen molar-refractivity contribution in [2.24, 2.45) is 0 Å². The van der Waals surface area contributed by atoms with Gasteiger partial charge in [-0.15, -0.1) is 0 Å². The number of hydrogen-bond donors (Lipinski definition) is 1. The number of benzene rings is 2. The molecule has 0 fully saturated rings. The summed E-state index contributed by atoms with van der Waals surface area (Å²) in [5.74, 6) is -0.314. The van der Waals surface area contributed by atoms with Crippen molar-refractivity contribution < 1.29 is 8.42 Å². The maximum Gasteiger partial charge on any atom is 0.237 e. The van der Waals surface area contributed by atoms with Gasteiger partial charge in [-0.05, 0) is 29.8 Å². The first-order valence-corrected chi connectivity index (χ1v) is 8.71. The first-order chi connectivity index (χ1) is 10.4. The monoisotopic (exact) mass is 354 g/mol. The smallest absolute Gasteiger partial charge is 0.237 e. The Morgan fingerprint density at radius 2 is 1.64 bits per heavy atom. The molecule has 1 N–H and O–H groups in total. The van der Waals surface area contributed by atoms with Gasteiger partial charge < -0.3 is 0 Å². The van der Waals surface area contributed by atoms with Gasteiger partial charge in [0.15, 0.2) is 0 Å². The SMILES string of the molecule is N#CCc1ccc(NS(=O)(=O)Cc2c(Cl)cccc2Cl)cc1. The molecule has 0 amide bonds. The van der Waals surface area contributed by atoms with Gasteiger partial charge in [-0.1, -0.05) is 41.4 Å². The van der Waals surface area contributed by atoms with Crippen molar-refractivity contribution in [1.82, 2.24) is 0 Å². The molecule has 0 unspecified atom stereocenters. The van der Waals surface area contributed by atoms with Crippen LogP contribution in [0.25, 0.3) is 0 Å². The van der Waals surface area contributed by atoms with Crippen LogP contribution in [-0.4, -0.2) is 8.42 Å². The second-order valence-corrected chi connectivity index (χ2v) is 7.13. The molecule has 0 radical (unpaired) electrons. The molecule has 4 nitrogen and oxygen atoms in total. The Bertz CT molecular complexity index is 792. The van der Waals surface area contributed by atoms with Gasteiger partial charge in [-0.2, -0.15) is 5.26 Å². The third kappa shape index (κ3) is 4.38. The quantitative estimate of drug-likeness (QED) is 0.881. The first kappa shape index (κ1) is 16.6. The lowest BCUT2D eigenvalue weighted by molar-refractivity contribution is 0.600. The summed E-state index contributed by atoms with van der Waals surface area (Å²) >= 11 is 12.0. The second kappa shape index (κ2) is 7.01. The van der Waals surface area contributed by atoms with Crippen molar-refractivity contribution in [2.75, 3.05) is 4.72 Å². The topological polar surface area (TPSA) is 70.0 Å². The van der Waals surface area contributed by atoms with E-state index in [9.17, 15) is 8.42 Å². The van der Waals surface area contributed by atoms with Gasteiger partial charge in [-0.3, -0.25) is 4.72 Å². The summed E-state index contributed by atoms with van der Waals surface area (Å²) in [6.45, 7) is 0. The number of nitrogens with one attached hydrogen (secondary N) is 1. The van der Waals surface area contributed by atoms with Crippen LogP contribution in [0.3, 0.4) is 0 Å². The summed E-state index contributed by atoms with van der Waals surface area (Å²) < 4.78 is 26.9. The van der Waals surface area contributed by atoms with Crippen molar-refractivity contribution in [3.05, 3.63) is 63.6 Å². The number of sulfonamides is 1. The summed E-state index contributed by atoms with van der Waals surface area (Å²) in [6.07, 6.45) is 0.280. The molecule has 0 saturated heterocycles. The summed E-state index contributed by atoms with van der Waals surface area (Å²) in [4.78, 5) is 0. The third-order valence-electron chi connectivity index (χ3n) is 2.91. The zero-order valence-corrected chi connectivity index (χ0v) is 13.7. The fourth-order valence-electron chi connectivity index (χ4n) is 1.86.